The van der Waals surface area contributed by atoms with Gasteiger partial charge in [-0.25, -0.2) is 4.98 Å². The summed E-state index contributed by atoms with van der Waals surface area (Å²) in [4.78, 5) is 33.2. The van der Waals surface area contributed by atoms with Crippen molar-refractivity contribution in [2.75, 3.05) is 32.7 Å². The molecule has 0 spiro atoms. The number of hydrogen-bond donors (Lipinski definition) is 1. The van der Waals surface area contributed by atoms with Crippen LogP contribution in [0, 0.1) is 0 Å². The van der Waals surface area contributed by atoms with E-state index in [1.807, 2.05) is 23.1 Å². The standard InChI is InChI=1S/C18H20N4O3/c23-17-15-4-2-1-3-14(15)16(9-19-17)18(24)22-7-5-21(6-8-22)10-13-11-25-12-20-13/h1-4,11-12,16H,5-10H2,(H,19,23). The molecule has 0 radical (unpaired) electrons. The molecule has 1 atom stereocenters. The van der Waals surface area contributed by atoms with Crippen LogP contribution in [0.2, 0.25) is 0 Å². The molecule has 3 heterocycles. The average molecular weight is 340 g/mol. The van der Waals surface area contributed by atoms with E-state index in [1.165, 1.54) is 6.39 Å². The normalized spacial score (nSPS) is 20.9. The number of nitrogens with zero attached hydrogens (tertiary/aromatic N) is 3. The minimum atomic E-state index is -0.295. The summed E-state index contributed by atoms with van der Waals surface area (Å²) in [6, 6.07) is 7.37. The molecule has 0 saturated carbocycles. The maximum Gasteiger partial charge on any atom is 0.251 e. The first-order valence-electron chi connectivity index (χ1n) is 8.47. The Labute approximate surface area is 145 Å². The van der Waals surface area contributed by atoms with Crippen molar-refractivity contribution >= 4 is 11.8 Å². The maximum absolute atomic E-state index is 13.0. The summed E-state index contributed by atoms with van der Waals surface area (Å²) < 4.78 is 5.00. The van der Waals surface area contributed by atoms with E-state index in [0.29, 0.717) is 25.2 Å². The van der Waals surface area contributed by atoms with Gasteiger partial charge in [-0.1, -0.05) is 18.2 Å². The lowest BCUT2D eigenvalue weighted by Gasteiger charge is -2.37. The topological polar surface area (TPSA) is 78.7 Å². The van der Waals surface area contributed by atoms with Crippen LogP contribution >= 0.6 is 0 Å². The van der Waals surface area contributed by atoms with E-state index < -0.39 is 0 Å². The lowest BCUT2D eigenvalue weighted by Crippen LogP contribution is -2.51. The molecule has 1 fully saturated rings. The van der Waals surface area contributed by atoms with Crippen LogP contribution < -0.4 is 5.32 Å². The number of piperazine rings is 1. The van der Waals surface area contributed by atoms with Crippen LogP contribution in [0.25, 0.3) is 0 Å². The van der Waals surface area contributed by atoms with Gasteiger partial charge in [-0.2, -0.15) is 0 Å². The van der Waals surface area contributed by atoms with Crippen LogP contribution in [0.1, 0.15) is 27.5 Å². The van der Waals surface area contributed by atoms with Crippen molar-refractivity contribution in [2.24, 2.45) is 0 Å². The zero-order valence-corrected chi connectivity index (χ0v) is 13.9. The first-order valence-corrected chi connectivity index (χ1v) is 8.47. The maximum atomic E-state index is 13.0. The fourth-order valence-electron chi connectivity index (χ4n) is 3.52. The van der Waals surface area contributed by atoms with Gasteiger partial charge in [-0.3, -0.25) is 14.5 Å². The second-order valence-corrected chi connectivity index (χ2v) is 6.43. The highest BCUT2D eigenvalue weighted by Gasteiger charge is 2.34. The molecule has 25 heavy (non-hydrogen) atoms. The molecule has 0 aliphatic carbocycles. The first-order chi connectivity index (χ1) is 12.2. The van der Waals surface area contributed by atoms with Gasteiger partial charge in [-0.05, 0) is 11.6 Å². The fourth-order valence-corrected chi connectivity index (χ4v) is 3.52. The smallest absolute Gasteiger partial charge is 0.251 e. The number of hydrogen-bond acceptors (Lipinski definition) is 5. The second-order valence-electron chi connectivity index (χ2n) is 6.43. The number of rotatable bonds is 3. The van der Waals surface area contributed by atoms with E-state index in [4.69, 9.17) is 4.42 Å². The lowest BCUT2D eigenvalue weighted by atomic mass is 9.89. The molecule has 2 aliphatic rings. The minimum Gasteiger partial charge on any atom is -0.451 e. The number of nitrogens with one attached hydrogen (secondary N) is 1. The summed E-state index contributed by atoms with van der Waals surface area (Å²) in [6.45, 7) is 4.08. The largest absolute Gasteiger partial charge is 0.451 e. The van der Waals surface area contributed by atoms with E-state index in [9.17, 15) is 9.59 Å². The van der Waals surface area contributed by atoms with E-state index in [1.54, 1.807) is 12.3 Å². The van der Waals surface area contributed by atoms with Gasteiger partial charge in [0.15, 0.2) is 6.39 Å². The average Bonchev–Trinajstić information content (AvgIpc) is 3.15. The molecule has 2 aliphatic heterocycles. The lowest BCUT2D eigenvalue weighted by molar-refractivity contribution is -0.134. The third-order valence-corrected chi connectivity index (χ3v) is 4.90. The molecule has 1 aromatic carbocycles. The van der Waals surface area contributed by atoms with Gasteiger partial charge in [0.25, 0.3) is 5.91 Å². The first kappa shape index (κ1) is 15.8. The van der Waals surface area contributed by atoms with Gasteiger partial charge < -0.3 is 14.6 Å². The molecular formula is C18H20N4O3. The fraction of sp³-hybridized carbons (Fsp3) is 0.389. The summed E-state index contributed by atoms with van der Waals surface area (Å²) in [6.07, 6.45) is 3.09. The van der Waals surface area contributed by atoms with Crippen LogP contribution in [0.5, 0.6) is 0 Å². The number of fused-ring (bicyclic) bond motifs is 1. The highest BCUT2D eigenvalue weighted by Crippen LogP contribution is 2.26. The van der Waals surface area contributed by atoms with E-state index >= 15 is 0 Å². The predicted molar refractivity (Wildman–Crippen MR) is 89.9 cm³/mol. The molecule has 4 rings (SSSR count). The highest BCUT2D eigenvalue weighted by atomic mass is 16.3. The Hall–Kier alpha value is -2.67. The third-order valence-electron chi connectivity index (χ3n) is 4.90. The van der Waals surface area contributed by atoms with Crippen molar-refractivity contribution in [1.82, 2.24) is 20.1 Å². The van der Waals surface area contributed by atoms with Crippen LogP contribution in [-0.4, -0.2) is 59.3 Å². The van der Waals surface area contributed by atoms with Gasteiger partial charge in [0.2, 0.25) is 5.91 Å². The predicted octanol–water partition coefficient (Wildman–Crippen LogP) is 0.846. The van der Waals surface area contributed by atoms with Gasteiger partial charge in [0.05, 0.1) is 11.6 Å². The van der Waals surface area contributed by atoms with Crippen molar-refractivity contribution in [1.29, 1.82) is 0 Å². The minimum absolute atomic E-state index is 0.0912. The van der Waals surface area contributed by atoms with Gasteiger partial charge >= 0.3 is 0 Å². The number of oxazole rings is 1. The number of benzene rings is 1. The Balaban J connectivity index is 1.41. The number of amides is 2. The molecule has 2 amide bonds. The summed E-state index contributed by atoms with van der Waals surface area (Å²) >= 11 is 0. The Morgan fingerprint density at radius 2 is 2.04 bits per heavy atom. The van der Waals surface area contributed by atoms with Gasteiger partial charge in [0, 0.05) is 44.8 Å². The van der Waals surface area contributed by atoms with Crippen LogP contribution in [0.3, 0.4) is 0 Å². The third kappa shape index (κ3) is 3.15. The summed E-state index contributed by atoms with van der Waals surface area (Å²) in [5.41, 5.74) is 2.35. The van der Waals surface area contributed by atoms with Crippen LogP contribution in [0.4, 0.5) is 0 Å². The molecule has 7 heteroatoms. The monoisotopic (exact) mass is 340 g/mol. The van der Waals surface area contributed by atoms with Crippen molar-refractivity contribution in [2.45, 2.75) is 12.5 Å². The number of aromatic nitrogens is 1. The summed E-state index contributed by atoms with van der Waals surface area (Å²) in [7, 11) is 0. The molecule has 1 aromatic heterocycles. The molecule has 130 valence electrons. The zero-order valence-electron chi connectivity index (χ0n) is 13.9. The summed E-state index contributed by atoms with van der Waals surface area (Å²) in [5.74, 6) is -0.304. The Morgan fingerprint density at radius 1 is 1.24 bits per heavy atom. The molecule has 7 nitrogen and oxygen atoms in total. The molecular weight excluding hydrogens is 320 g/mol. The van der Waals surface area contributed by atoms with Crippen molar-refractivity contribution in [3.05, 3.63) is 53.7 Å². The van der Waals surface area contributed by atoms with Crippen LogP contribution in [0.15, 0.2) is 41.3 Å². The Kier molecular flexibility index (Phi) is 4.23. The molecule has 1 N–H and O–H groups in total. The quantitative estimate of drug-likeness (QED) is 0.896. The van der Waals surface area contributed by atoms with Crippen molar-refractivity contribution in [3.63, 3.8) is 0 Å². The van der Waals surface area contributed by atoms with E-state index in [0.717, 1.165) is 30.9 Å². The number of carbonyl (C=O) groups excluding carboxylic acids is 2. The molecule has 2 aromatic rings. The van der Waals surface area contributed by atoms with Crippen molar-refractivity contribution < 1.29 is 14.0 Å². The molecule has 1 unspecified atom stereocenters. The Morgan fingerprint density at radius 3 is 2.80 bits per heavy atom. The van der Waals surface area contributed by atoms with Crippen molar-refractivity contribution in [3.8, 4) is 0 Å². The molecule has 1 saturated heterocycles. The molecule has 0 bridgehead atoms. The Bertz CT molecular complexity index is 766. The highest BCUT2D eigenvalue weighted by molar-refractivity contribution is 6.00. The van der Waals surface area contributed by atoms with E-state index in [-0.39, 0.29) is 17.7 Å². The van der Waals surface area contributed by atoms with Crippen LogP contribution in [-0.2, 0) is 11.3 Å². The van der Waals surface area contributed by atoms with E-state index in [2.05, 4.69) is 15.2 Å². The van der Waals surface area contributed by atoms with Gasteiger partial charge in [0.1, 0.15) is 6.26 Å². The van der Waals surface area contributed by atoms with Gasteiger partial charge in [-0.15, -0.1) is 0 Å². The summed E-state index contributed by atoms with van der Waals surface area (Å²) in [5, 5.41) is 2.83. The zero-order chi connectivity index (χ0) is 17.2. The second kappa shape index (κ2) is 6.68. The number of carbonyl (C=O) groups is 2. The SMILES string of the molecule is O=C1NCC(C(=O)N2CCN(Cc3cocn3)CC2)c2ccccc21.